The molecule has 2 aromatic carbocycles. The van der Waals surface area contributed by atoms with Crippen LogP contribution in [-0.2, 0) is 4.79 Å². The molecule has 3 aromatic rings. The van der Waals surface area contributed by atoms with Gasteiger partial charge >= 0.3 is 0 Å². The second-order valence-electron chi connectivity index (χ2n) is 6.81. The Morgan fingerprint density at radius 1 is 1.07 bits per heavy atom. The SMILES string of the molecule is CC(C)C(C(=O)Nc1nc2c(F)cccc2s1)N1C(=O)c2ccccc2C1=O. The van der Waals surface area contributed by atoms with E-state index in [1.54, 1.807) is 50.2 Å². The fourth-order valence-corrected chi connectivity index (χ4v) is 4.21. The van der Waals surface area contributed by atoms with Gasteiger partial charge in [0, 0.05) is 0 Å². The van der Waals surface area contributed by atoms with Crippen LogP contribution in [0.5, 0.6) is 0 Å². The van der Waals surface area contributed by atoms with E-state index in [2.05, 4.69) is 10.3 Å². The van der Waals surface area contributed by atoms with E-state index in [1.165, 1.54) is 6.07 Å². The third-order valence-corrected chi connectivity index (χ3v) is 5.54. The molecule has 0 bridgehead atoms. The number of imide groups is 1. The average Bonchev–Trinajstić information content (AvgIpc) is 3.17. The molecule has 8 heteroatoms. The molecule has 0 aliphatic carbocycles. The molecule has 0 saturated heterocycles. The van der Waals surface area contributed by atoms with Crippen LogP contribution in [0.4, 0.5) is 9.52 Å². The quantitative estimate of drug-likeness (QED) is 0.681. The highest BCUT2D eigenvalue weighted by atomic mass is 32.1. The van der Waals surface area contributed by atoms with Gasteiger partial charge in [-0.05, 0) is 30.2 Å². The maximum absolute atomic E-state index is 13.9. The largest absolute Gasteiger partial charge is 0.300 e. The van der Waals surface area contributed by atoms with Gasteiger partial charge in [-0.25, -0.2) is 9.37 Å². The first-order valence-electron chi connectivity index (χ1n) is 8.71. The Morgan fingerprint density at radius 2 is 1.71 bits per heavy atom. The number of carbonyl (C=O) groups is 3. The normalized spacial score (nSPS) is 14.6. The second kappa shape index (κ2) is 6.79. The fourth-order valence-electron chi connectivity index (χ4n) is 3.33. The van der Waals surface area contributed by atoms with E-state index in [4.69, 9.17) is 0 Å². The molecule has 1 aromatic heterocycles. The fraction of sp³-hybridized carbons (Fsp3) is 0.200. The van der Waals surface area contributed by atoms with Gasteiger partial charge in [-0.3, -0.25) is 19.3 Å². The number of nitrogens with zero attached hydrogens (tertiary/aromatic N) is 2. The van der Waals surface area contributed by atoms with E-state index in [9.17, 15) is 18.8 Å². The maximum Gasteiger partial charge on any atom is 0.262 e. The smallest absolute Gasteiger partial charge is 0.262 e. The Morgan fingerprint density at radius 3 is 2.29 bits per heavy atom. The summed E-state index contributed by atoms with van der Waals surface area (Å²) in [5.74, 6) is -2.33. The number of nitrogens with one attached hydrogen (secondary N) is 1. The lowest BCUT2D eigenvalue weighted by Crippen LogP contribution is -2.50. The molecule has 6 nitrogen and oxygen atoms in total. The van der Waals surface area contributed by atoms with Gasteiger partial charge < -0.3 is 5.32 Å². The summed E-state index contributed by atoms with van der Waals surface area (Å²) in [5.41, 5.74) is 0.741. The lowest BCUT2D eigenvalue weighted by molar-refractivity contribution is -0.121. The van der Waals surface area contributed by atoms with Crippen LogP contribution in [0.2, 0.25) is 0 Å². The van der Waals surface area contributed by atoms with E-state index in [0.717, 1.165) is 16.2 Å². The van der Waals surface area contributed by atoms with Crippen LogP contribution in [0, 0.1) is 11.7 Å². The summed E-state index contributed by atoms with van der Waals surface area (Å²) >= 11 is 1.13. The Bertz CT molecular complexity index is 1090. The molecule has 1 atom stereocenters. The van der Waals surface area contributed by atoms with Gasteiger partial charge in [0.25, 0.3) is 11.8 Å². The molecule has 0 radical (unpaired) electrons. The molecule has 142 valence electrons. The zero-order chi connectivity index (χ0) is 20.0. The Labute approximate surface area is 164 Å². The molecule has 2 heterocycles. The summed E-state index contributed by atoms with van der Waals surface area (Å²) in [5, 5.41) is 2.86. The van der Waals surface area contributed by atoms with Gasteiger partial charge in [-0.1, -0.05) is 43.4 Å². The van der Waals surface area contributed by atoms with Crippen molar-refractivity contribution in [2.24, 2.45) is 5.92 Å². The lowest BCUT2D eigenvalue weighted by atomic mass is 10.0. The molecule has 0 fully saturated rings. The molecular formula is C20H16FN3O3S. The van der Waals surface area contributed by atoms with Crippen LogP contribution >= 0.6 is 11.3 Å². The highest BCUT2D eigenvalue weighted by Gasteiger charge is 2.44. The van der Waals surface area contributed by atoms with Crippen LogP contribution in [0.25, 0.3) is 10.2 Å². The van der Waals surface area contributed by atoms with E-state index in [-0.39, 0.29) is 27.7 Å². The minimum atomic E-state index is -1.01. The number of hydrogen-bond acceptors (Lipinski definition) is 5. The standard InChI is InChI=1S/C20H16FN3O3S/c1-10(2)16(24-18(26)11-6-3-4-7-12(11)19(24)27)17(25)23-20-22-15-13(21)8-5-9-14(15)28-20/h3-10,16H,1-2H3,(H,22,23,25). The van der Waals surface area contributed by atoms with Crippen molar-refractivity contribution < 1.29 is 18.8 Å². The van der Waals surface area contributed by atoms with E-state index >= 15 is 0 Å². The van der Waals surface area contributed by atoms with E-state index in [0.29, 0.717) is 4.70 Å². The molecule has 1 aliphatic heterocycles. The predicted molar refractivity (Wildman–Crippen MR) is 104 cm³/mol. The first-order valence-corrected chi connectivity index (χ1v) is 9.53. The van der Waals surface area contributed by atoms with E-state index in [1.807, 2.05) is 0 Å². The highest BCUT2D eigenvalue weighted by molar-refractivity contribution is 7.22. The summed E-state index contributed by atoms with van der Waals surface area (Å²) in [7, 11) is 0. The number of aromatic nitrogens is 1. The topological polar surface area (TPSA) is 79.4 Å². The van der Waals surface area contributed by atoms with Crippen molar-refractivity contribution in [1.29, 1.82) is 0 Å². The number of thiazole rings is 1. The second-order valence-corrected chi connectivity index (χ2v) is 7.84. The van der Waals surface area contributed by atoms with Gasteiger partial charge in [-0.15, -0.1) is 0 Å². The molecule has 0 spiro atoms. The third-order valence-electron chi connectivity index (χ3n) is 4.60. The van der Waals surface area contributed by atoms with Crippen LogP contribution in [0.1, 0.15) is 34.6 Å². The number of benzene rings is 2. The van der Waals surface area contributed by atoms with Crippen molar-refractivity contribution >= 4 is 44.4 Å². The molecule has 1 aliphatic rings. The lowest BCUT2D eigenvalue weighted by Gasteiger charge is -2.27. The van der Waals surface area contributed by atoms with Gasteiger partial charge in [-0.2, -0.15) is 0 Å². The monoisotopic (exact) mass is 397 g/mol. The summed E-state index contributed by atoms with van der Waals surface area (Å²) in [4.78, 5) is 43.6. The number of amides is 3. The van der Waals surface area contributed by atoms with Gasteiger partial charge in [0.2, 0.25) is 5.91 Å². The Kier molecular flexibility index (Phi) is 4.43. The molecule has 1 N–H and O–H groups in total. The van der Waals surface area contributed by atoms with Crippen LogP contribution in [0.3, 0.4) is 0 Å². The van der Waals surface area contributed by atoms with Crippen LogP contribution in [0.15, 0.2) is 42.5 Å². The Hall–Kier alpha value is -3.13. The van der Waals surface area contributed by atoms with E-state index < -0.39 is 29.6 Å². The van der Waals surface area contributed by atoms with Gasteiger partial charge in [0.15, 0.2) is 5.13 Å². The zero-order valence-corrected chi connectivity index (χ0v) is 15.9. The van der Waals surface area contributed by atoms with Gasteiger partial charge in [0.05, 0.1) is 15.8 Å². The first kappa shape index (κ1) is 18.2. The van der Waals surface area contributed by atoms with Gasteiger partial charge in [0.1, 0.15) is 17.4 Å². The number of rotatable bonds is 4. The van der Waals surface area contributed by atoms with Crippen LogP contribution in [-0.4, -0.2) is 33.6 Å². The van der Waals surface area contributed by atoms with Crippen LogP contribution < -0.4 is 5.32 Å². The highest BCUT2D eigenvalue weighted by Crippen LogP contribution is 2.30. The Balaban J connectivity index is 1.65. The molecule has 3 amide bonds. The number of fused-ring (bicyclic) bond motifs is 2. The van der Waals surface area contributed by atoms with Crippen molar-refractivity contribution in [3.8, 4) is 0 Å². The molecule has 1 unspecified atom stereocenters. The van der Waals surface area contributed by atoms with Crippen molar-refractivity contribution in [3.05, 3.63) is 59.4 Å². The number of para-hydroxylation sites is 1. The van der Waals surface area contributed by atoms with Crippen molar-refractivity contribution in [1.82, 2.24) is 9.88 Å². The summed E-state index contributed by atoms with van der Waals surface area (Å²) in [6.07, 6.45) is 0. The maximum atomic E-state index is 13.9. The number of anilines is 1. The minimum absolute atomic E-state index is 0.171. The summed E-state index contributed by atoms with van der Waals surface area (Å²) < 4.78 is 14.5. The van der Waals surface area contributed by atoms with Crippen molar-refractivity contribution in [2.45, 2.75) is 19.9 Å². The zero-order valence-electron chi connectivity index (χ0n) is 15.1. The molecule has 4 rings (SSSR count). The average molecular weight is 397 g/mol. The molecule has 28 heavy (non-hydrogen) atoms. The third kappa shape index (κ3) is 2.86. The van der Waals surface area contributed by atoms with Crippen molar-refractivity contribution in [2.75, 3.05) is 5.32 Å². The molecular weight excluding hydrogens is 381 g/mol. The first-order chi connectivity index (χ1) is 13.4. The minimum Gasteiger partial charge on any atom is -0.300 e. The molecule has 0 saturated carbocycles. The number of halogens is 1. The summed E-state index contributed by atoms with van der Waals surface area (Å²) in [6, 6.07) is 10.0. The number of carbonyl (C=O) groups excluding carboxylic acids is 3. The summed E-state index contributed by atoms with van der Waals surface area (Å²) in [6.45, 7) is 3.51. The number of hydrogen-bond donors (Lipinski definition) is 1. The van der Waals surface area contributed by atoms with Crippen molar-refractivity contribution in [3.63, 3.8) is 0 Å². The predicted octanol–water partition coefficient (Wildman–Crippen LogP) is 3.69.